The van der Waals surface area contributed by atoms with Crippen LogP contribution in [0.3, 0.4) is 0 Å². The lowest BCUT2D eigenvalue weighted by Gasteiger charge is -2.62. The van der Waals surface area contributed by atoms with Crippen molar-refractivity contribution in [1.82, 2.24) is 0 Å². The van der Waals surface area contributed by atoms with Crippen LogP contribution in [-0.4, -0.2) is 68.0 Å². The van der Waals surface area contributed by atoms with Gasteiger partial charge < -0.3 is 25.5 Å². The second kappa shape index (κ2) is 9.89. The van der Waals surface area contributed by atoms with Gasteiger partial charge in [-0.1, -0.05) is 34.6 Å². The minimum atomic E-state index is -1.10. The largest absolute Gasteiger partial charge is 0.478 e. The molecule has 0 amide bonds. The first-order valence-corrected chi connectivity index (χ1v) is 14.4. The first-order valence-electron chi connectivity index (χ1n) is 14.4. The molecule has 0 aliphatic heterocycles. The second-order valence-electron chi connectivity index (χ2n) is 13.9. The molecule has 4 rings (SSSR count). The number of aliphatic hydroxyl groups excluding tert-OH is 4. The molecule has 39 heavy (non-hydrogen) atoms. The molecule has 2 fully saturated rings. The third-order valence-electron chi connectivity index (χ3n) is 11.6. The quantitative estimate of drug-likeness (QED) is 0.305. The number of aliphatic hydroxyl groups is 4. The lowest BCUT2D eigenvalue weighted by atomic mass is 9.41. The summed E-state index contributed by atoms with van der Waals surface area (Å²) in [5.74, 6) is -1.64. The molecule has 218 valence electrons. The summed E-state index contributed by atoms with van der Waals surface area (Å²) in [5.41, 5.74) is -1.96. The van der Waals surface area contributed by atoms with Gasteiger partial charge in [0.25, 0.3) is 0 Å². The van der Waals surface area contributed by atoms with Crippen LogP contribution in [0.25, 0.3) is 0 Å². The van der Waals surface area contributed by atoms with Gasteiger partial charge in [0.05, 0.1) is 18.3 Å². The van der Waals surface area contributed by atoms with Gasteiger partial charge in [0, 0.05) is 46.8 Å². The molecule has 0 saturated heterocycles. The number of ketones is 2. The molecule has 0 aromatic carbocycles. The fourth-order valence-electron chi connectivity index (χ4n) is 9.73. The number of Topliss-reactive ketones (excluding diaryl/α,β-unsaturated/α-hetero) is 2. The first kappa shape index (κ1) is 30.1. The first-order chi connectivity index (χ1) is 18.0. The van der Waals surface area contributed by atoms with Gasteiger partial charge in [0.15, 0.2) is 5.78 Å². The average molecular weight is 547 g/mol. The van der Waals surface area contributed by atoms with Crippen molar-refractivity contribution in [2.75, 3.05) is 6.61 Å². The zero-order chi connectivity index (χ0) is 29.3. The minimum absolute atomic E-state index is 0.0478. The van der Waals surface area contributed by atoms with Gasteiger partial charge in [-0.15, -0.1) is 0 Å². The number of carbonyl (C=O) groups is 3. The molecular weight excluding hydrogens is 500 g/mol. The molecular formula is C31H46O8. The zero-order valence-corrected chi connectivity index (χ0v) is 24.2. The number of hydrogen-bond donors (Lipinski definition) is 5. The van der Waals surface area contributed by atoms with Crippen molar-refractivity contribution in [3.05, 3.63) is 22.8 Å². The summed E-state index contributed by atoms with van der Waals surface area (Å²) in [6.45, 7) is 11.0. The van der Waals surface area contributed by atoms with Gasteiger partial charge in [-0.2, -0.15) is 0 Å². The van der Waals surface area contributed by atoms with Gasteiger partial charge >= 0.3 is 5.97 Å². The Labute approximate surface area is 231 Å². The van der Waals surface area contributed by atoms with Crippen molar-refractivity contribution in [3.63, 3.8) is 0 Å². The maximum atomic E-state index is 14.2. The van der Waals surface area contributed by atoms with Crippen molar-refractivity contribution >= 4 is 17.5 Å². The molecule has 5 N–H and O–H groups in total. The molecule has 9 atom stereocenters. The number of carboxylic acid groups (broad SMARTS) is 1. The van der Waals surface area contributed by atoms with E-state index in [4.69, 9.17) is 0 Å². The summed E-state index contributed by atoms with van der Waals surface area (Å²) in [6, 6.07) is 0. The molecule has 0 heterocycles. The number of allylic oxidation sites excluding steroid dienone is 1. The highest BCUT2D eigenvalue weighted by Crippen LogP contribution is 2.72. The number of carboxylic acids is 1. The lowest BCUT2D eigenvalue weighted by molar-refractivity contribution is -0.147. The van der Waals surface area contributed by atoms with Crippen LogP contribution in [-0.2, 0) is 14.4 Å². The Morgan fingerprint density at radius 2 is 1.77 bits per heavy atom. The van der Waals surface area contributed by atoms with E-state index in [1.807, 2.05) is 34.6 Å². The summed E-state index contributed by atoms with van der Waals surface area (Å²) < 4.78 is 0. The predicted molar refractivity (Wildman–Crippen MR) is 144 cm³/mol. The number of aliphatic carboxylic acids is 1. The van der Waals surface area contributed by atoms with Crippen LogP contribution in [0.4, 0.5) is 0 Å². The smallest absolute Gasteiger partial charge is 0.331 e. The molecule has 8 heteroatoms. The Balaban J connectivity index is 1.83. The van der Waals surface area contributed by atoms with Gasteiger partial charge in [0.1, 0.15) is 5.78 Å². The highest BCUT2D eigenvalue weighted by atomic mass is 16.4. The van der Waals surface area contributed by atoms with Gasteiger partial charge in [-0.3, -0.25) is 9.59 Å². The van der Waals surface area contributed by atoms with Crippen molar-refractivity contribution in [1.29, 1.82) is 0 Å². The molecule has 0 spiro atoms. The Kier molecular flexibility index (Phi) is 7.64. The second-order valence-corrected chi connectivity index (χ2v) is 13.9. The normalized spacial score (nSPS) is 41.5. The number of carbonyl (C=O) groups excluding carboxylic acids is 2. The minimum Gasteiger partial charge on any atom is -0.478 e. The van der Waals surface area contributed by atoms with Gasteiger partial charge in [0.2, 0.25) is 0 Å². The van der Waals surface area contributed by atoms with Gasteiger partial charge in [-0.25, -0.2) is 4.79 Å². The van der Waals surface area contributed by atoms with Crippen molar-refractivity contribution < 1.29 is 39.9 Å². The zero-order valence-electron chi connectivity index (χ0n) is 24.2. The third-order valence-corrected chi connectivity index (χ3v) is 11.6. The molecule has 0 bridgehead atoms. The third kappa shape index (κ3) is 4.20. The fourth-order valence-corrected chi connectivity index (χ4v) is 9.73. The summed E-state index contributed by atoms with van der Waals surface area (Å²) >= 11 is 0. The molecule has 0 unspecified atom stereocenters. The molecule has 4 aliphatic carbocycles. The van der Waals surface area contributed by atoms with E-state index in [0.717, 1.165) is 0 Å². The van der Waals surface area contributed by atoms with E-state index in [9.17, 15) is 39.9 Å². The van der Waals surface area contributed by atoms with E-state index in [-0.39, 0.29) is 60.8 Å². The van der Waals surface area contributed by atoms with Crippen LogP contribution < -0.4 is 0 Å². The fraction of sp³-hybridized carbons (Fsp3) is 0.774. The predicted octanol–water partition coefficient (Wildman–Crippen LogP) is 3.21. The summed E-state index contributed by atoms with van der Waals surface area (Å²) in [4.78, 5) is 38.4. The SMILES string of the molecule is C/C(=C\[C@@H](O)C[C@@H](C)[C@H]1C[C@H](O)[C@@]2(CCO)C3=C(C(=O)C[C@]12C)[C@@]1(C)CCC(=O)C(C)(C)[C@H]1C[C@H]3O)C(=O)O. The Morgan fingerprint density at radius 3 is 2.36 bits per heavy atom. The summed E-state index contributed by atoms with van der Waals surface area (Å²) in [5, 5.41) is 53.8. The van der Waals surface area contributed by atoms with Crippen LogP contribution in [0.5, 0.6) is 0 Å². The molecule has 0 radical (unpaired) electrons. The molecule has 0 aromatic heterocycles. The highest BCUT2D eigenvalue weighted by molar-refractivity contribution is 6.01. The maximum Gasteiger partial charge on any atom is 0.331 e. The standard InChI is InChI=1S/C31H46O8/c1-16(11-18(33)12-17(2)27(38)39)19-13-24(37)31(9-10-32)26-20(34)14-22-28(3,4)23(36)7-8-29(22,5)25(26)21(35)15-30(19,31)6/h12,16,18-20,22,24,32-34,37H,7-11,13-15H2,1-6H3,(H,38,39)/b17-12+/t16-,18+,19-,20-,22-,24+,29+,30-,31+/m1/s1. The summed E-state index contributed by atoms with van der Waals surface area (Å²) in [7, 11) is 0. The van der Waals surface area contributed by atoms with E-state index in [0.29, 0.717) is 36.8 Å². The van der Waals surface area contributed by atoms with Crippen LogP contribution >= 0.6 is 0 Å². The van der Waals surface area contributed by atoms with Crippen LogP contribution in [0.15, 0.2) is 22.8 Å². The Bertz CT molecular complexity index is 1120. The number of rotatable bonds is 7. The summed E-state index contributed by atoms with van der Waals surface area (Å²) in [6.07, 6.45) is 0.499. The van der Waals surface area contributed by atoms with E-state index in [2.05, 4.69) is 0 Å². The van der Waals surface area contributed by atoms with Crippen LogP contribution in [0.1, 0.15) is 86.5 Å². The van der Waals surface area contributed by atoms with Gasteiger partial charge in [-0.05, 0) is 73.8 Å². The van der Waals surface area contributed by atoms with E-state index < -0.39 is 45.9 Å². The topological polar surface area (TPSA) is 152 Å². The Hall–Kier alpha value is -1.87. The van der Waals surface area contributed by atoms with Crippen molar-refractivity contribution in [2.45, 2.75) is 105 Å². The highest BCUT2D eigenvalue weighted by Gasteiger charge is 2.71. The monoisotopic (exact) mass is 546 g/mol. The Morgan fingerprint density at radius 1 is 1.13 bits per heavy atom. The number of hydrogen-bond acceptors (Lipinski definition) is 7. The van der Waals surface area contributed by atoms with Crippen molar-refractivity contribution in [2.24, 2.45) is 39.4 Å². The molecule has 4 aliphatic rings. The van der Waals surface area contributed by atoms with E-state index in [1.54, 1.807) is 0 Å². The average Bonchev–Trinajstić information content (AvgIpc) is 3.05. The van der Waals surface area contributed by atoms with E-state index >= 15 is 0 Å². The van der Waals surface area contributed by atoms with Crippen LogP contribution in [0, 0.1) is 39.4 Å². The van der Waals surface area contributed by atoms with Crippen molar-refractivity contribution in [3.8, 4) is 0 Å². The molecule has 0 aromatic rings. The number of fused-ring (bicyclic) bond motifs is 4. The molecule has 2 saturated carbocycles. The van der Waals surface area contributed by atoms with E-state index in [1.165, 1.54) is 13.0 Å². The molecule has 8 nitrogen and oxygen atoms in total. The maximum absolute atomic E-state index is 14.2. The van der Waals surface area contributed by atoms with Crippen LogP contribution in [0.2, 0.25) is 0 Å². The lowest BCUT2D eigenvalue weighted by Crippen LogP contribution is -2.61.